The Hall–Kier alpha value is -2.99. The van der Waals surface area contributed by atoms with E-state index >= 15 is 0 Å². The number of para-hydroxylation sites is 1. The van der Waals surface area contributed by atoms with Crippen LogP contribution in [0, 0.1) is 12.7 Å². The Labute approximate surface area is 167 Å². The fourth-order valence-electron chi connectivity index (χ4n) is 2.62. The Morgan fingerprint density at radius 3 is 2.79 bits per heavy atom. The van der Waals surface area contributed by atoms with Gasteiger partial charge in [0.15, 0.2) is 0 Å². The SMILES string of the molecule is Cc1nc(COc2ccccc2/C=C/C(=O)NCCc2ccccc2F)cs1. The van der Waals surface area contributed by atoms with Crippen molar-refractivity contribution in [1.82, 2.24) is 10.3 Å². The molecule has 0 atom stereocenters. The van der Waals surface area contributed by atoms with Gasteiger partial charge in [0.05, 0.1) is 10.7 Å². The number of aryl methyl sites for hydroxylation is 1. The van der Waals surface area contributed by atoms with Crippen LogP contribution in [-0.4, -0.2) is 17.4 Å². The minimum absolute atomic E-state index is 0.235. The van der Waals surface area contributed by atoms with Gasteiger partial charge in [0.2, 0.25) is 5.91 Å². The molecule has 0 aliphatic carbocycles. The van der Waals surface area contributed by atoms with E-state index in [1.54, 1.807) is 35.6 Å². The molecule has 0 spiro atoms. The van der Waals surface area contributed by atoms with Crippen LogP contribution in [0.5, 0.6) is 5.75 Å². The Bertz CT molecular complexity index is 968. The molecule has 4 nitrogen and oxygen atoms in total. The minimum atomic E-state index is -0.256. The van der Waals surface area contributed by atoms with E-state index in [2.05, 4.69) is 10.3 Å². The molecule has 0 radical (unpaired) electrons. The van der Waals surface area contributed by atoms with Gasteiger partial charge in [-0.15, -0.1) is 11.3 Å². The number of hydrogen-bond acceptors (Lipinski definition) is 4. The van der Waals surface area contributed by atoms with Crippen LogP contribution in [0.4, 0.5) is 4.39 Å². The van der Waals surface area contributed by atoms with E-state index in [1.165, 1.54) is 12.1 Å². The first-order valence-corrected chi connectivity index (χ1v) is 9.82. The number of carbonyl (C=O) groups excluding carboxylic acids is 1. The highest BCUT2D eigenvalue weighted by Crippen LogP contribution is 2.21. The van der Waals surface area contributed by atoms with Gasteiger partial charge in [0.1, 0.15) is 18.2 Å². The van der Waals surface area contributed by atoms with Crippen molar-refractivity contribution in [2.24, 2.45) is 0 Å². The van der Waals surface area contributed by atoms with E-state index in [1.807, 2.05) is 36.6 Å². The largest absolute Gasteiger partial charge is 0.487 e. The molecule has 0 saturated carbocycles. The summed E-state index contributed by atoms with van der Waals surface area (Å²) >= 11 is 1.58. The highest BCUT2D eigenvalue weighted by molar-refractivity contribution is 7.09. The van der Waals surface area contributed by atoms with Crippen LogP contribution >= 0.6 is 11.3 Å². The number of amides is 1. The van der Waals surface area contributed by atoms with Crippen LogP contribution < -0.4 is 10.1 Å². The number of benzene rings is 2. The summed E-state index contributed by atoms with van der Waals surface area (Å²) in [6.45, 7) is 2.70. The normalized spacial score (nSPS) is 10.9. The van der Waals surface area contributed by atoms with E-state index in [4.69, 9.17) is 4.74 Å². The van der Waals surface area contributed by atoms with Gasteiger partial charge in [0.25, 0.3) is 0 Å². The van der Waals surface area contributed by atoms with Gasteiger partial charge in [-0.25, -0.2) is 9.37 Å². The molecule has 28 heavy (non-hydrogen) atoms. The first kappa shape index (κ1) is 19.8. The zero-order chi connectivity index (χ0) is 19.8. The summed E-state index contributed by atoms with van der Waals surface area (Å²) in [5.41, 5.74) is 2.27. The van der Waals surface area contributed by atoms with Crippen molar-refractivity contribution in [2.45, 2.75) is 20.0 Å². The Balaban J connectivity index is 1.53. The van der Waals surface area contributed by atoms with E-state index in [9.17, 15) is 9.18 Å². The lowest BCUT2D eigenvalue weighted by Gasteiger charge is -2.08. The number of nitrogens with one attached hydrogen (secondary N) is 1. The van der Waals surface area contributed by atoms with Crippen LogP contribution in [0.15, 0.2) is 60.0 Å². The molecule has 0 aliphatic heterocycles. The van der Waals surface area contributed by atoms with Gasteiger partial charge in [-0.3, -0.25) is 4.79 Å². The van der Waals surface area contributed by atoms with Crippen LogP contribution in [0.2, 0.25) is 0 Å². The second-order valence-corrected chi connectivity index (χ2v) is 7.21. The lowest BCUT2D eigenvalue weighted by Crippen LogP contribution is -2.23. The van der Waals surface area contributed by atoms with Crippen molar-refractivity contribution in [1.29, 1.82) is 0 Å². The summed E-state index contributed by atoms with van der Waals surface area (Å²) in [7, 11) is 0. The predicted octanol–water partition coefficient (Wildman–Crippen LogP) is 4.54. The van der Waals surface area contributed by atoms with Gasteiger partial charge < -0.3 is 10.1 Å². The van der Waals surface area contributed by atoms with Crippen LogP contribution in [0.1, 0.15) is 21.8 Å². The van der Waals surface area contributed by atoms with Crippen molar-refractivity contribution in [3.8, 4) is 5.75 Å². The topological polar surface area (TPSA) is 51.2 Å². The molecule has 6 heteroatoms. The molecule has 2 aromatic carbocycles. The first-order valence-electron chi connectivity index (χ1n) is 8.94. The average Bonchev–Trinajstić information content (AvgIpc) is 3.12. The predicted molar refractivity (Wildman–Crippen MR) is 110 cm³/mol. The molecule has 1 aromatic heterocycles. The maximum absolute atomic E-state index is 13.6. The highest BCUT2D eigenvalue weighted by Gasteiger charge is 2.05. The Morgan fingerprint density at radius 1 is 1.21 bits per heavy atom. The number of hydrogen-bond donors (Lipinski definition) is 1. The smallest absolute Gasteiger partial charge is 0.244 e. The second-order valence-electron chi connectivity index (χ2n) is 6.15. The Kier molecular flexibility index (Phi) is 6.92. The van der Waals surface area contributed by atoms with Gasteiger partial charge >= 0.3 is 0 Å². The minimum Gasteiger partial charge on any atom is -0.487 e. The Morgan fingerprint density at radius 2 is 2.00 bits per heavy atom. The van der Waals surface area contributed by atoms with Crippen molar-refractivity contribution >= 4 is 23.3 Å². The van der Waals surface area contributed by atoms with Gasteiger partial charge in [-0.2, -0.15) is 0 Å². The number of halogens is 1. The molecule has 1 N–H and O–H groups in total. The molecule has 1 amide bonds. The molecule has 1 heterocycles. The van der Waals surface area contributed by atoms with Crippen molar-refractivity contribution in [3.63, 3.8) is 0 Å². The standard InChI is InChI=1S/C22H21FN2O2S/c1-16-25-19(15-28-16)14-27-21-9-5-3-7-18(21)10-11-22(26)24-13-12-17-6-2-4-8-20(17)23/h2-11,15H,12-14H2,1H3,(H,24,26)/b11-10+. The third-order valence-corrected chi connectivity index (χ3v) is 4.85. The highest BCUT2D eigenvalue weighted by atomic mass is 32.1. The fraction of sp³-hybridized carbons (Fsp3) is 0.182. The van der Waals surface area contributed by atoms with Crippen molar-refractivity contribution in [2.75, 3.05) is 6.54 Å². The molecule has 3 aromatic rings. The fourth-order valence-corrected chi connectivity index (χ4v) is 3.22. The lowest BCUT2D eigenvalue weighted by atomic mass is 10.1. The van der Waals surface area contributed by atoms with Crippen molar-refractivity contribution < 1.29 is 13.9 Å². The third-order valence-electron chi connectivity index (χ3n) is 4.03. The summed E-state index contributed by atoms with van der Waals surface area (Å²) in [6.07, 6.45) is 3.61. The first-order chi connectivity index (χ1) is 13.6. The van der Waals surface area contributed by atoms with Crippen LogP contribution in [-0.2, 0) is 17.8 Å². The molecular weight excluding hydrogens is 375 g/mol. The van der Waals surface area contributed by atoms with Gasteiger partial charge in [-0.1, -0.05) is 36.4 Å². The second kappa shape index (κ2) is 9.80. The molecule has 0 unspecified atom stereocenters. The van der Waals surface area contributed by atoms with E-state index in [-0.39, 0.29) is 11.7 Å². The molecule has 0 aliphatic rings. The van der Waals surface area contributed by atoms with E-state index < -0.39 is 0 Å². The molecule has 0 bridgehead atoms. The maximum atomic E-state index is 13.6. The number of rotatable bonds is 8. The summed E-state index contributed by atoms with van der Waals surface area (Å²) < 4.78 is 19.4. The number of thiazole rings is 1. The van der Waals surface area contributed by atoms with Crippen LogP contribution in [0.25, 0.3) is 6.08 Å². The van der Waals surface area contributed by atoms with Gasteiger partial charge in [0, 0.05) is 23.6 Å². The lowest BCUT2D eigenvalue weighted by molar-refractivity contribution is -0.116. The molecule has 0 fully saturated rings. The maximum Gasteiger partial charge on any atom is 0.244 e. The van der Waals surface area contributed by atoms with Crippen LogP contribution in [0.3, 0.4) is 0 Å². The average molecular weight is 396 g/mol. The van der Waals surface area contributed by atoms with Gasteiger partial charge in [-0.05, 0) is 37.1 Å². The summed E-state index contributed by atoms with van der Waals surface area (Å²) in [6, 6.07) is 14.1. The van der Waals surface area contributed by atoms with Crippen molar-refractivity contribution in [3.05, 3.63) is 87.6 Å². The number of carbonyl (C=O) groups is 1. The third kappa shape index (κ3) is 5.76. The molecule has 144 valence electrons. The van der Waals surface area contributed by atoms with E-state index in [0.29, 0.717) is 30.9 Å². The zero-order valence-corrected chi connectivity index (χ0v) is 16.3. The summed E-state index contributed by atoms with van der Waals surface area (Å²) in [5, 5.41) is 5.73. The molecular formula is C22H21FN2O2S. The number of aromatic nitrogens is 1. The zero-order valence-electron chi connectivity index (χ0n) is 15.5. The van der Waals surface area contributed by atoms with E-state index in [0.717, 1.165) is 16.3 Å². The summed E-state index contributed by atoms with van der Waals surface area (Å²) in [4.78, 5) is 16.4. The monoisotopic (exact) mass is 396 g/mol. The molecule has 3 rings (SSSR count). The summed E-state index contributed by atoms with van der Waals surface area (Å²) in [5.74, 6) is 0.193. The number of ether oxygens (including phenoxy) is 1. The quantitative estimate of drug-likeness (QED) is 0.569. The molecule has 0 saturated heterocycles. The number of nitrogens with zero attached hydrogens (tertiary/aromatic N) is 1.